The van der Waals surface area contributed by atoms with Gasteiger partial charge in [0.25, 0.3) is 0 Å². The standard InChI is InChI=1S/C17H16N6O2S2/c24-27(25,15-5-1-3-13-16(15)21-26-20-13)22-9-6-12(7-10-22)23-11-19-14-4-2-8-18-17(14)23/h1-5,8,11-12H,6-7,9-10H2. The molecule has 0 N–H and O–H groups in total. The molecule has 0 saturated carbocycles. The van der Waals surface area contributed by atoms with E-state index in [2.05, 4.69) is 23.3 Å². The van der Waals surface area contributed by atoms with Gasteiger partial charge in [-0.05, 0) is 37.1 Å². The average Bonchev–Trinajstić information content (AvgIpc) is 3.34. The van der Waals surface area contributed by atoms with Crippen LogP contribution < -0.4 is 0 Å². The van der Waals surface area contributed by atoms with Gasteiger partial charge < -0.3 is 4.57 Å². The molecule has 1 aromatic carbocycles. The van der Waals surface area contributed by atoms with E-state index in [9.17, 15) is 8.42 Å². The smallest absolute Gasteiger partial charge is 0.245 e. The van der Waals surface area contributed by atoms with E-state index < -0.39 is 10.0 Å². The van der Waals surface area contributed by atoms with Gasteiger partial charge in [-0.2, -0.15) is 13.1 Å². The van der Waals surface area contributed by atoms with Gasteiger partial charge in [0.2, 0.25) is 10.0 Å². The van der Waals surface area contributed by atoms with Crippen molar-refractivity contribution in [3.05, 3.63) is 42.9 Å². The van der Waals surface area contributed by atoms with Crippen molar-refractivity contribution in [3.63, 3.8) is 0 Å². The largest absolute Gasteiger partial charge is 0.312 e. The van der Waals surface area contributed by atoms with Crippen LogP contribution in [0.15, 0.2) is 47.8 Å². The predicted molar refractivity (Wildman–Crippen MR) is 102 cm³/mol. The fourth-order valence-electron chi connectivity index (χ4n) is 3.62. The Balaban J connectivity index is 1.41. The van der Waals surface area contributed by atoms with Gasteiger partial charge in [-0.1, -0.05) is 6.07 Å². The van der Waals surface area contributed by atoms with Gasteiger partial charge in [-0.15, -0.1) is 0 Å². The van der Waals surface area contributed by atoms with Crippen molar-refractivity contribution in [2.45, 2.75) is 23.8 Å². The molecule has 3 aromatic heterocycles. The Kier molecular flexibility index (Phi) is 3.92. The van der Waals surface area contributed by atoms with Crippen LogP contribution in [0.4, 0.5) is 0 Å². The maximum atomic E-state index is 13.1. The minimum Gasteiger partial charge on any atom is -0.312 e. The number of hydrogen-bond donors (Lipinski definition) is 0. The van der Waals surface area contributed by atoms with Crippen molar-refractivity contribution in [3.8, 4) is 0 Å². The van der Waals surface area contributed by atoms with E-state index in [4.69, 9.17) is 0 Å². The molecule has 5 rings (SSSR count). The molecule has 0 aliphatic carbocycles. The van der Waals surface area contributed by atoms with E-state index in [0.717, 1.165) is 22.9 Å². The summed E-state index contributed by atoms with van der Waals surface area (Å²) in [7, 11) is -3.60. The summed E-state index contributed by atoms with van der Waals surface area (Å²) in [6.45, 7) is 0.904. The van der Waals surface area contributed by atoms with Crippen LogP contribution in [-0.2, 0) is 10.0 Å². The topological polar surface area (TPSA) is 93.9 Å². The van der Waals surface area contributed by atoms with Gasteiger partial charge >= 0.3 is 0 Å². The first-order chi connectivity index (χ1) is 13.1. The van der Waals surface area contributed by atoms with E-state index in [0.29, 0.717) is 37.0 Å². The van der Waals surface area contributed by atoms with Crippen molar-refractivity contribution in [2.24, 2.45) is 0 Å². The zero-order chi connectivity index (χ0) is 18.4. The van der Waals surface area contributed by atoms with Crippen LogP contribution in [0.2, 0.25) is 0 Å². The van der Waals surface area contributed by atoms with E-state index in [-0.39, 0.29) is 10.9 Å². The molecule has 1 saturated heterocycles. The third-order valence-electron chi connectivity index (χ3n) is 5.02. The van der Waals surface area contributed by atoms with Gasteiger partial charge in [0, 0.05) is 25.3 Å². The number of sulfonamides is 1. The van der Waals surface area contributed by atoms with Crippen LogP contribution in [0, 0.1) is 0 Å². The fourth-order valence-corrected chi connectivity index (χ4v) is 5.85. The molecule has 0 amide bonds. The van der Waals surface area contributed by atoms with E-state index in [1.807, 2.05) is 12.1 Å². The molecule has 4 heterocycles. The summed E-state index contributed by atoms with van der Waals surface area (Å²) in [6, 6.07) is 9.09. The molecule has 1 aliphatic heterocycles. The number of piperidine rings is 1. The highest BCUT2D eigenvalue weighted by Gasteiger charge is 2.32. The molecule has 0 radical (unpaired) electrons. The SMILES string of the molecule is O=S(=O)(c1cccc2nsnc12)N1CCC(n2cnc3cccnc32)CC1. The highest BCUT2D eigenvalue weighted by molar-refractivity contribution is 7.89. The molecule has 1 aliphatic rings. The molecule has 0 spiro atoms. The molecular weight excluding hydrogens is 384 g/mol. The van der Waals surface area contributed by atoms with Gasteiger partial charge in [0.15, 0.2) is 5.65 Å². The maximum absolute atomic E-state index is 13.1. The normalized spacial score (nSPS) is 17.0. The second kappa shape index (κ2) is 6.32. The minimum atomic E-state index is -3.60. The Morgan fingerprint density at radius 3 is 2.67 bits per heavy atom. The third kappa shape index (κ3) is 2.71. The second-order valence-electron chi connectivity index (χ2n) is 6.52. The Hall–Kier alpha value is -2.43. The highest BCUT2D eigenvalue weighted by atomic mass is 32.2. The van der Waals surface area contributed by atoms with Crippen LogP contribution in [-0.4, -0.2) is 49.1 Å². The molecule has 0 bridgehead atoms. The summed E-state index contributed by atoms with van der Waals surface area (Å²) in [5, 5.41) is 0. The summed E-state index contributed by atoms with van der Waals surface area (Å²) in [6.07, 6.45) is 4.98. The fraction of sp³-hybridized carbons (Fsp3) is 0.294. The summed E-state index contributed by atoms with van der Waals surface area (Å²) in [5.41, 5.74) is 2.77. The number of fused-ring (bicyclic) bond motifs is 2. The predicted octanol–water partition coefficient (Wildman–Crippen LogP) is 2.46. The maximum Gasteiger partial charge on any atom is 0.245 e. The van der Waals surface area contributed by atoms with Crippen molar-refractivity contribution in [1.29, 1.82) is 0 Å². The summed E-state index contributed by atoms with van der Waals surface area (Å²) < 4.78 is 38.2. The van der Waals surface area contributed by atoms with E-state index in [1.54, 1.807) is 35.0 Å². The highest BCUT2D eigenvalue weighted by Crippen LogP contribution is 2.30. The Labute approximate surface area is 159 Å². The van der Waals surface area contributed by atoms with Gasteiger partial charge in [0.05, 0.1) is 18.1 Å². The first-order valence-corrected chi connectivity index (χ1v) is 10.8. The van der Waals surface area contributed by atoms with Crippen molar-refractivity contribution >= 4 is 43.9 Å². The van der Waals surface area contributed by atoms with Crippen molar-refractivity contribution < 1.29 is 8.42 Å². The average molecular weight is 400 g/mol. The minimum absolute atomic E-state index is 0.188. The van der Waals surface area contributed by atoms with Gasteiger partial charge in [-0.3, -0.25) is 0 Å². The molecule has 0 atom stereocenters. The quantitative estimate of drug-likeness (QED) is 0.524. The number of benzene rings is 1. The number of nitrogens with zero attached hydrogens (tertiary/aromatic N) is 6. The van der Waals surface area contributed by atoms with E-state index >= 15 is 0 Å². The number of pyridine rings is 1. The Morgan fingerprint density at radius 1 is 1.00 bits per heavy atom. The van der Waals surface area contributed by atoms with Crippen LogP contribution in [0.1, 0.15) is 18.9 Å². The van der Waals surface area contributed by atoms with Crippen LogP contribution in [0.5, 0.6) is 0 Å². The monoisotopic (exact) mass is 400 g/mol. The van der Waals surface area contributed by atoms with E-state index in [1.165, 1.54) is 0 Å². The van der Waals surface area contributed by atoms with Crippen molar-refractivity contribution in [1.82, 2.24) is 27.6 Å². The molecular formula is C17H16N6O2S2. The first-order valence-electron chi connectivity index (χ1n) is 8.63. The Bertz CT molecular complexity index is 1220. The van der Waals surface area contributed by atoms with Crippen LogP contribution in [0.3, 0.4) is 0 Å². The molecule has 27 heavy (non-hydrogen) atoms. The third-order valence-corrected chi connectivity index (χ3v) is 7.49. The Morgan fingerprint density at radius 2 is 1.81 bits per heavy atom. The number of imidazole rings is 1. The van der Waals surface area contributed by atoms with Gasteiger partial charge in [0.1, 0.15) is 21.4 Å². The summed E-state index contributed by atoms with van der Waals surface area (Å²) in [5.74, 6) is 0. The molecule has 1 fully saturated rings. The van der Waals surface area contributed by atoms with Crippen LogP contribution >= 0.6 is 11.7 Å². The van der Waals surface area contributed by atoms with Crippen molar-refractivity contribution in [2.75, 3.05) is 13.1 Å². The van der Waals surface area contributed by atoms with Gasteiger partial charge in [-0.25, -0.2) is 18.4 Å². The number of aromatic nitrogens is 5. The lowest BCUT2D eigenvalue weighted by Gasteiger charge is -2.31. The molecule has 8 nitrogen and oxygen atoms in total. The summed E-state index contributed by atoms with van der Waals surface area (Å²) in [4.78, 5) is 9.04. The lowest BCUT2D eigenvalue weighted by atomic mass is 10.1. The molecule has 10 heteroatoms. The number of hydrogen-bond acceptors (Lipinski definition) is 7. The molecule has 0 unspecified atom stereocenters. The van der Waals surface area contributed by atoms with Crippen LogP contribution in [0.25, 0.3) is 22.2 Å². The lowest BCUT2D eigenvalue weighted by molar-refractivity contribution is 0.277. The zero-order valence-electron chi connectivity index (χ0n) is 14.3. The second-order valence-corrected chi connectivity index (χ2v) is 8.96. The first kappa shape index (κ1) is 16.7. The molecule has 4 aromatic rings. The summed E-state index contributed by atoms with van der Waals surface area (Å²) >= 11 is 1.03. The number of rotatable bonds is 3. The molecule has 138 valence electrons. The zero-order valence-corrected chi connectivity index (χ0v) is 15.9. The lowest BCUT2D eigenvalue weighted by Crippen LogP contribution is -2.39.